The quantitative estimate of drug-likeness (QED) is 0.826. The van der Waals surface area contributed by atoms with Crippen LogP contribution in [-0.2, 0) is 6.18 Å². The largest absolute Gasteiger partial charge is 0.418 e. The first-order valence-electron chi connectivity index (χ1n) is 6.48. The first-order valence-corrected chi connectivity index (χ1v) is 6.48. The molecule has 1 aromatic rings. The van der Waals surface area contributed by atoms with Crippen molar-refractivity contribution in [3.63, 3.8) is 0 Å². The predicted octanol–water partition coefficient (Wildman–Crippen LogP) is 3.88. The summed E-state index contributed by atoms with van der Waals surface area (Å²) in [5.41, 5.74) is 5.09. The van der Waals surface area contributed by atoms with Crippen molar-refractivity contribution >= 4 is 5.69 Å². The van der Waals surface area contributed by atoms with E-state index in [9.17, 15) is 13.2 Å². The molecule has 0 aliphatic rings. The normalized spacial score (nSPS) is 12.5. The van der Waals surface area contributed by atoms with Gasteiger partial charge in [-0.25, -0.2) is 0 Å². The Morgan fingerprint density at radius 2 is 1.68 bits per heavy atom. The molecule has 2 nitrogen and oxygen atoms in total. The molecule has 108 valence electrons. The molecule has 3 N–H and O–H groups in total. The number of para-hydroxylation sites is 1. The molecule has 0 atom stereocenters. The second kappa shape index (κ2) is 6.28. The highest BCUT2D eigenvalue weighted by Crippen LogP contribution is 2.35. The fourth-order valence-corrected chi connectivity index (χ4v) is 2.03. The van der Waals surface area contributed by atoms with E-state index in [0.29, 0.717) is 13.1 Å². The van der Waals surface area contributed by atoms with Crippen LogP contribution in [0.3, 0.4) is 0 Å². The predicted molar refractivity (Wildman–Crippen MR) is 72.0 cm³/mol. The lowest BCUT2D eigenvalue weighted by Gasteiger charge is -2.31. The molecule has 0 heterocycles. The van der Waals surface area contributed by atoms with Crippen LogP contribution in [0.25, 0.3) is 0 Å². The molecule has 0 amide bonds. The molecule has 5 heteroatoms. The van der Waals surface area contributed by atoms with E-state index in [4.69, 9.17) is 5.73 Å². The summed E-state index contributed by atoms with van der Waals surface area (Å²) in [6.07, 6.45) is -2.67. The summed E-state index contributed by atoms with van der Waals surface area (Å²) < 4.78 is 38.5. The number of hydrogen-bond acceptors (Lipinski definition) is 2. The van der Waals surface area contributed by atoms with Gasteiger partial charge in [-0.2, -0.15) is 13.2 Å². The molecule has 0 fully saturated rings. The number of alkyl halides is 3. The lowest BCUT2D eigenvalue weighted by atomic mass is 9.82. The number of hydrogen-bond donors (Lipinski definition) is 2. The van der Waals surface area contributed by atoms with Gasteiger partial charge in [0.05, 0.1) is 5.56 Å². The fraction of sp³-hybridized carbons (Fsp3) is 0.571. The van der Waals surface area contributed by atoms with Crippen LogP contribution in [0.2, 0.25) is 0 Å². The molecular weight excluding hydrogens is 253 g/mol. The number of halogens is 3. The first-order chi connectivity index (χ1) is 8.88. The molecule has 0 aromatic heterocycles. The molecule has 0 bridgehead atoms. The summed E-state index contributed by atoms with van der Waals surface area (Å²) in [4.78, 5) is 0. The minimum atomic E-state index is -4.34. The van der Waals surface area contributed by atoms with Crippen molar-refractivity contribution in [1.82, 2.24) is 0 Å². The standard InChI is InChI=1S/C14H21F3N2/c1-3-13(4-2,9-18)10-19-12-8-6-5-7-11(12)14(15,16)17/h5-8,19H,3-4,9-10,18H2,1-2H3. The van der Waals surface area contributed by atoms with Crippen LogP contribution in [0.15, 0.2) is 24.3 Å². The molecule has 1 rings (SSSR count). The Morgan fingerprint density at radius 1 is 1.11 bits per heavy atom. The highest BCUT2D eigenvalue weighted by atomic mass is 19.4. The van der Waals surface area contributed by atoms with E-state index in [2.05, 4.69) is 5.32 Å². The van der Waals surface area contributed by atoms with Gasteiger partial charge in [-0.3, -0.25) is 0 Å². The Kier molecular flexibility index (Phi) is 5.23. The number of rotatable bonds is 6. The van der Waals surface area contributed by atoms with E-state index in [1.165, 1.54) is 12.1 Å². The van der Waals surface area contributed by atoms with Crippen LogP contribution in [0.5, 0.6) is 0 Å². The summed E-state index contributed by atoms with van der Waals surface area (Å²) in [5.74, 6) is 0. The molecule has 0 aliphatic carbocycles. The maximum absolute atomic E-state index is 12.8. The van der Waals surface area contributed by atoms with Gasteiger partial charge in [0.15, 0.2) is 0 Å². The average Bonchev–Trinajstić information content (AvgIpc) is 2.40. The molecule has 0 unspecified atom stereocenters. The van der Waals surface area contributed by atoms with E-state index in [0.717, 1.165) is 18.9 Å². The fourth-order valence-electron chi connectivity index (χ4n) is 2.03. The Balaban J connectivity index is 2.89. The Bertz CT molecular complexity index is 390. The van der Waals surface area contributed by atoms with Gasteiger partial charge >= 0.3 is 6.18 Å². The molecule has 1 aromatic carbocycles. The highest BCUT2D eigenvalue weighted by molar-refractivity contribution is 5.52. The lowest BCUT2D eigenvalue weighted by Crippen LogP contribution is -2.36. The van der Waals surface area contributed by atoms with Crippen molar-refractivity contribution in [2.24, 2.45) is 11.1 Å². The first kappa shape index (κ1) is 15.8. The lowest BCUT2D eigenvalue weighted by molar-refractivity contribution is -0.137. The number of nitrogens with two attached hydrogens (primary N) is 1. The van der Waals surface area contributed by atoms with Crippen molar-refractivity contribution in [1.29, 1.82) is 0 Å². The van der Waals surface area contributed by atoms with Crippen LogP contribution in [0, 0.1) is 5.41 Å². The van der Waals surface area contributed by atoms with Crippen LogP contribution in [-0.4, -0.2) is 13.1 Å². The van der Waals surface area contributed by atoms with Crippen LogP contribution in [0.4, 0.5) is 18.9 Å². The zero-order chi connectivity index (χ0) is 14.5. The van der Waals surface area contributed by atoms with Gasteiger partial charge in [-0.1, -0.05) is 26.0 Å². The Morgan fingerprint density at radius 3 is 2.16 bits per heavy atom. The van der Waals surface area contributed by atoms with Gasteiger partial charge in [0, 0.05) is 12.2 Å². The molecule has 0 aliphatic heterocycles. The summed E-state index contributed by atoms with van der Waals surface area (Å²) in [5, 5.41) is 2.91. The maximum Gasteiger partial charge on any atom is 0.418 e. The molecule has 0 radical (unpaired) electrons. The Labute approximate surface area is 112 Å². The van der Waals surface area contributed by atoms with E-state index < -0.39 is 11.7 Å². The van der Waals surface area contributed by atoms with Crippen LogP contribution in [0.1, 0.15) is 32.3 Å². The SMILES string of the molecule is CCC(CC)(CN)CNc1ccccc1C(F)(F)F. The summed E-state index contributed by atoms with van der Waals surface area (Å²) in [6, 6.07) is 5.53. The highest BCUT2D eigenvalue weighted by Gasteiger charge is 2.33. The Hall–Kier alpha value is -1.23. The summed E-state index contributed by atoms with van der Waals surface area (Å²) in [7, 11) is 0. The minimum absolute atomic E-state index is 0.120. The van der Waals surface area contributed by atoms with Gasteiger partial charge in [0.25, 0.3) is 0 Å². The summed E-state index contributed by atoms with van der Waals surface area (Å²) in [6.45, 7) is 4.92. The molecule has 0 saturated heterocycles. The van der Waals surface area contributed by atoms with Crippen molar-refractivity contribution in [2.75, 3.05) is 18.4 Å². The zero-order valence-electron chi connectivity index (χ0n) is 11.3. The second-order valence-corrected chi connectivity index (χ2v) is 4.81. The van der Waals surface area contributed by atoms with Gasteiger partial charge in [-0.05, 0) is 36.9 Å². The average molecular weight is 274 g/mol. The molecular formula is C14H21F3N2. The third-order valence-corrected chi connectivity index (χ3v) is 3.82. The van der Waals surface area contributed by atoms with Gasteiger partial charge in [0.1, 0.15) is 0 Å². The van der Waals surface area contributed by atoms with Crippen LogP contribution < -0.4 is 11.1 Å². The topological polar surface area (TPSA) is 38.0 Å². The number of nitrogens with one attached hydrogen (secondary N) is 1. The van der Waals surface area contributed by atoms with E-state index in [-0.39, 0.29) is 11.1 Å². The van der Waals surface area contributed by atoms with Crippen molar-refractivity contribution < 1.29 is 13.2 Å². The second-order valence-electron chi connectivity index (χ2n) is 4.81. The number of benzene rings is 1. The molecule has 19 heavy (non-hydrogen) atoms. The molecule has 0 saturated carbocycles. The third-order valence-electron chi connectivity index (χ3n) is 3.82. The third kappa shape index (κ3) is 3.86. The smallest absolute Gasteiger partial charge is 0.384 e. The molecule has 0 spiro atoms. The number of anilines is 1. The van der Waals surface area contributed by atoms with Gasteiger partial charge < -0.3 is 11.1 Å². The van der Waals surface area contributed by atoms with Gasteiger partial charge in [0.2, 0.25) is 0 Å². The summed E-state index contributed by atoms with van der Waals surface area (Å²) >= 11 is 0. The van der Waals surface area contributed by atoms with Gasteiger partial charge in [-0.15, -0.1) is 0 Å². The van der Waals surface area contributed by atoms with Crippen molar-refractivity contribution in [2.45, 2.75) is 32.9 Å². The van der Waals surface area contributed by atoms with E-state index in [1.807, 2.05) is 13.8 Å². The van der Waals surface area contributed by atoms with Crippen molar-refractivity contribution in [3.8, 4) is 0 Å². The van der Waals surface area contributed by atoms with Crippen LogP contribution >= 0.6 is 0 Å². The van der Waals surface area contributed by atoms with E-state index >= 15 is 0 Å². The zero-order valence-corrected chi connectivity index (χ0v) is 11.3. The minimum Gasteiger partial charge on any atom is -0.384 e. The maximum atomic E-state index is 12.8. The van der Waals surface area contributed by atoms with Crippen molar-refractivity contribution in [3.05, 3.63) is 29.8 Å². The monoisotopic (exact) mass is 274 g/mol. The van der Waals surface area contributed by atoms with E-state index in [1.54, 1.807) is 6.07 Å².